The van der Waals surface area contributed by atoms with E-state index in [2.05, 4.69) is 12.2 Å². The molecule has 14 heavy (non-hydrogen) atoms. The molecule has 0 aromatic heterocycles. The van der Waals surface area contributed by atoms with Gasteiger partial charge in [0.2, 0.25) is 0 Å². The van der Waals surface area contributed by atoms with Gasteiger partial charge in [0.1, 0.15) is 0 Å². The van der Waals surface area contributed by atoms with Gasteiger partial charge in [-0.1, -0.05) is 32.6 Å². The van der Waals surface area contributed by atoms with Gasteiger partial charge in [0.25, 0.3) is 0 Å². The van der Waals surface area contributed by atoms with Crippen molar-refractivity contribution in [1.29, 1.82) is 0 Å². The van der Waals surface area contributed by atoms with Crippen LogP contribution in [0.5, 0.6) is 0 Å². The minimum atomic E-state index is 0.215. The van der Waals surface area contributed by atoms with E-state index in [0.717, 1.165) is 13.2 Å². The normalized spacial score (nSPS) is 31.9. The van der Waals surface area contributed by atoms with E-state index in [9.17, 15) is 0 Å². The number of hydrogen-bond donors (Lipinski definition) is 1. The Kier molecular flexibility index (Phi) is 3.45. The van der Waals surface area contributed by atoms with Crippen LogP contribution in [-0.4, -0.2) is 24.8 Å². The van der Waals surface area contributed by atoms with Gasteiger partial charge in [-0.05, 0) is 19.3 Å². The lowest BCUT2D eigenvalue weighted by Gasteiger charge is -2.47. The summed E-state index contributed by atoms with van der Waals surface area (Å²) >= 11 is 0. The predicted octanol–water partition coefficient (Wildman–Crippen LogP) is 2.48. The molecular formula is C12H23NO. The molecule has 1 aliphatic heterocycles. The van der Waals surface area contributed by atoms with Crippen LogP contribution < -0.4 is 5.32 Å². The monoisotopic (exact) mass is 197 g/mol. The van der Waals surface area contributed by atoms with Gasteiger partial charge in [0.15, 0.2) is 0 Å². The molecule has 1 aliphatic carbocycles. The van der Waals surface area contributed by atoms with Crippen LogP contribution in [0.3, 0.4) is 0 Å². The highest BCUT2D eigenvalue weighted by Gasteiger charge is 2.41. The quantitative estimate of drug-likeness (QED) is 0.734. The molecule has 0 bridgehead atoms. The highest BCUT2D eigenvalue weighted by Crippen LogP contribution is 2.37. The largest absolute Gasteiger partial charge is 0.372 e. The summed E-state index contributed by atoms with van der Waals surface area (Å²) in [6.07, 6.45) is 9.24. The van der Waals surface area contributed by atoms with Crippen LogP contribution in [-0.2, 0) is 4.74 Å². The highest BCUT2D eigenvalue weighted by molar-refractivity contribution is 4.97. The summed E-state index contributed by atoms with van der Waals surface area (Å²) in [6.45, 7) is 4.24. The van der Waals surface area contributed by atoms with Crippen molar-refractivity contribution < 1.29 is 4.74 Å². The van der Waals surface area contributed by atoms with Gasteiger partial charge in [0, 0.05) is 12.6 Å². The molecular weight excluding hydrogens is 174 g/mol. The number of hydrogen-bond acceptors (Lipinski definition) is 2. The summed E-state index contributed by atoms with van der Waals surface area (Å²) in [4.78, 5) is 0. The average molecular weight is 197 g/mol. The van der Waals surface area contributed by atoms with Crippen molar-refractivity contribution in [3.63, 3.8) is 0 Å². The lowest BCUT2D eigenvalue weighted by atomic mass is 9.77. The molecule has 2 fully saturated rings. The van der Waals surface area contributed by atoms with Crippen LogP contribution in [0.4, 0.5) is 0 Å². The van der Waals surface area contributed by atoms with E-state index in [1.807, 2.05) is 0 Å². The standard InChI is InChI=1S/C12H23NO/c1-2-6-11-12(14-10-9-13-11)7-4-3-5-8-12/h11,13H,2-10H2,1H3. The summed E-state index contributed by atoms with van der Waals surface area (Å²) in [5.74, 6) is 0. The Hall–Kier alpha value is -0.0800. The lowest BCUT2D eigenvalue weighted by molar-refractivity contribution is -0.119. The van der Waals surface area contributed by atoms with E-state index in [1.54, 1.807) is 0 Å². The molecule has 1 unspecified atom stereocenters. The summed E-state index contributed by atoms with van der Waals surface area (Å²) in [5, 5.41) is 3.66. The zero-order chi connectivity index (χ0) is 9.86. The molecule has 2 rings (SSSR count). The third-order valence-corrected chi connectivity index (χ3v) is 3.79. The first-order valence-electron chi connectivity index (χ1n) is 6.25. The summed E-state index contributed by atoms with van der Waals surface area (Å²) in [7, 11) is 0. The van der Waals surface area contributed by atoms with Gasteiger partial charge >= 0.3 is 0 Å². The molecule has 1 saturated heterocycles. The molecule has 1 saturated carbocycles. The van der Waals surface area contributed by atoms with E-state index in [4.69, 9.17) is 4.74 Å². The Morgan fingerprint density at radius 2 is 2.07 bits per heavy atom. The Bertz CT molecular complexity index is 165. The maximum Gasteiger partial charge on any atom is 0.0835 e. The summed E-state index contributed by atoms with van der Waals surface area (Å²) in [5.41, 5.74) is 0.215. The Balaban J connectivity index is 2.02. The maximum atomic E-state index is 6.11. The predicted molar refractivity (Wildman–Crippen MR) is 58.5 cm³/mol. The molecule has 1 N–H and O–H groups in total. The molecule has 1 spiro atoms. The maximum absolute atomic E-state index is 6.11. The Morgan fingerprint density at radius 3 is 2.79 bits per heavy atom. The van der Waals surface area contributed by atoms with Gasteiger partial charge in [-0.25, -0.2) is 0 Å². The van der Waals surface area contributed by atoms with Crippen molar-refractivity contribution in [3.8, 4) is 0 Å². The van der Waals surface area contributed by atoms with E-state index < -0.39 is 0 Å². The molecule has 2 heteroatoms. The Labute approximate surface area is 87.4 Å². The van der Waals surface area contributed by atoms with Crippen molar-refractivity contribution >= 4 is 0 Å². The first-order valence-corrected chi connectivity index (χ1v) is 6.25. The van der Waals surface area contributed by atoms with Crippen LogP contribution in [0.15, 0.2) is 0 Å². The first-order chi connectivity index (χ1) is 6.87. The molecule has 1 atom stereocenters. The second kappa shape index (κ2) is 4.63. The summed E-state index contributed by atoms with van der Waals surface area (Å²) in [6, 6.07) is 0.626. The average Bonchev–Trinajstić information content (AvgIpc) is 2.23. The highest BCUT2D eigenvalue weighted by atomic mass is 16.5. The van der Waals surface area contributed by atoms with Crippen molar-refractivity contribution in [2.45, 2.75) is 63.5 Å². The zero-order valence-electron chi connectivity index (χ0n) is 9.35. The molecule has 0 aromatic rings. The van der Waals surface area contributed by atoms with Crippen LogP contribution >= 0.6 is 0 Å². The fraction of sp³-hybridized carbons (Fsp3) is 1.00. The van der Waals surface area contributed by atoms with Gasteiger partial charge in [-0.3, -0.25) is 0 Å². The molecule has 82 valence electrons. The van der Waals surface area contributed by atoms with Crippen LogP contribution in [0, 0.1) is 0 Å². The third-order valence-electron chi connectivity index (χ3n) is 3.79. The second-order valence-electron chi connectivity index (χ2n) is 4.77. The summed E-state index contributed by atoms with van der Waals surface area (Å²) < 4.78 is 6.11. The number of rotatable bonds is 2. The minimum absolute atomic E-state index is 0.215. The molecule has 2 nitrogen and oxygen atoms in total. The van der Waals surface area contributed by atoms with Crippen molar-refractivity contribution in [2.75, 3.05) is 13.2 Å². The lowest BCUT2D eigenvalue weighted by Crippen LogP contribution is -2.58. The zero-order valence-corrected chi connectivity index (χ0v) is 9.35. The van der Waals surface area contributed by atoms with E-state index in [1.165, 1.54) is 44.9 Å². The molecule has 0 aromatic carbocycles. The number of ether oxygens (including phenoxy) is 1. The third kappa shape index (κ3) is 1.96. The molecule has 0 amide bonds. The second-order valence-corrected chi connectivity index (χ2v) is 4.77. The number of nitrogens with one attached hydrogen (secondary N) is 1. The van der Waals surface area contributed by atoms with E-state index in [-0.39, 0.29) is 5.60 Å². The fourth-order valence-electron chi connectivity index (χ4n) is 3.07. The Morgan fingerprint density at radius 1 is 1.29 bits per heavy atom. The first kappa shape index (κ1) is 10.4. The van der Waals surface area contributed by atoms with Crippen molar-refractivity contribution in [2.24, 2.45) is 0 Å². The molecule has 0 radical (unpaired) electrons. The van der Waals surface area contributed by atoms with Crippen molar-refractivity contribution in [3.05, 3.63) is 0 Å². The van der Waals surface area contributed by atoms with Gasteiger partial charge < -0.3 is 10.1 Å². The van der Waals surface area contributed by atoms with Gasteiger partial charge in [-0.15, -0.1) is 0 Å². The van der Waals surface area contributed by atoms with Crippen LogP contribution in [0.25, 0.3) is 0 Å². The van der Waals surface area contributed by atoms with Crippen molar-refractivity contribution in [1.82, 2.24) is 5.32 Å². The smallest absolute Gasteiger partial charge is 0.0835 e. The van der Waals surface area contributed by atoms with Crippen LogP contribution in [0.2, 0.25) is 0 Å². The van der Waals surface area contributed by atoms with Gasteiger partial charge in [0.05, 0.1) is 12.2 Å². The van der Waals surface area contributed by atoms with E-state index >= 15 is 0 Å². The molecule has 1 heterocycles. The topological polar surface area (TPSA) is 21.3 Å². The number of morpholine rings is 1. The SMILES string of the molecule is CCCC1NCCOC12CCCCC2. The fourth-order valence-corrected chi connectivity index (χ4v) is 3.07. The molecule has 2 aliphatic rings. The van der Waals surface area contributed by atoms with E-state index in [0.29, 0.717) is 6.04 Å². The van der Waals surface area contributed by atoms with Crippen LogP contribution in [0.1, 0.15) is 51.9 Å². The minimum Gasteiger partial charge on any atom is -0.372 e. The van der Waals surface area contributed by atoms with Gasteiger partial charge in [-0.2, -0.15) is 0 Å².